The third-order valence-corrected chi connectivity index (χ3v) is 2.90. The van der Waals surface area contributed by atoms with Crippen LogP contribution in [0.3, 0.4) is 0 Å². The van der Waals surface area contributed by atoms with Crippen LogP contribution in [-0.2, 0) is 6.42 Å². The summed E-state index contributed by atoms with van der Waals surface area (Å²) in [6.45, 7) is 5.04. The lowest BCUT2D eigenvalue weighted by molar-refractivity contribution is 0.824. The second kappa shape index (κ2) is 4.77. The van der Waals surface area contributed by atoms with E-state index < -0.39 is 0 Å². The number of aryl methyl sites for hydroxylation is 2. The molecule has 0 radical (unpaired) electrons. The second-order valence-corrected chi connectivity index (χ2v) is 4.29. The molecule has 72 valence electrons. The highest BCUT2D eigenvalue weighted by Gasteiger charge is 2.03. The molecule has 0 heterocycles. The van der Waals surface area contributed by atoms with E-state index in [1.54, 1.807) is 0 Å². The van der Waals surface area contributed by atoms with E-state index in [2.05, 4.69) is 41.9 Å². The Morgan fingerprint density at radius 1 is 1.31 bits per heavy atom. The zero-order chi connectivity index (χ0) is 9.84. The Balaban J connectivity index is 2.92. The Morgan fingerprint density at radius 3 is 2.54 bits per heavy atom. The van der Waals surface area contributed by atoms with Crippen molar-refractivity contribution < 1.29 is 0 Å². The molecule has 1 nitrogen and oxygen atoms in total. The summed E-state index contributed by atoms with van der Waals surface area (Å²) < 4.78 is 1.22. The molecule has 1 rings (SSSR count). The number of nitrogens with two attached hydrogens (primary N) is 1. The second-order valence-electron chi connectivity index (χ2n) is 3.43. The fourth-order valence-electron chi connectivity index (χ4n) is 1.54. The van der Waals surface area contributed by atoms with Crippen LogP contribution in [0.2, 0.25) is 0 Å². The van der Waals surface area contributed by atoms with Crippen LogP contribution in [0.15, 0.2) is 16.6 Å². The van der Waals surface area contributed by atoms with E-state index in [1.165, 1.54) is 21.2 Å². The summed E-state index contributed by atoms with van der Waals surface area (Å²) in [5, 5.41) is 0. The van der Waals surface area contributed by atoms with Crippen molar-refractivity contribution in [2.75, 3.05) is 6.54 Å². The van der Waals surface area contributed by atoms with Crippen LogP contribution in [0.1, 0.15) is 23.1 Å². The normalized spacial score (nSPS) is 10.5. The van der Waals surface area contributed by atoms with Gasteiger partial charge in [0.2, 0.25) is 0 Å². The Labute approximate surface area is 88.5 Å². The first-order valence-corrected chi connectivity index (χ1v) is 5.40. The summed E-state index contributed by atoms with van der Waals surface area (Å²) in [5.74, 6) is 0. The number of hydrogen-bond donors (Lipinski definition) is 1. The summed E-state index contributed by atoms with van der Waals surface area (Å²) in [5.41, 5.74) is 9.56. The largest absolute Gasteiger partial charge is 0.330 e. The van der Waals surface area contributed by atoms with Gasteiger partial charge in [-0.25, -0.2) is 0 Å². The Hall–Kier alpha value is -0.340. The number of benzene rings is 1. The summed E-state index contributed by atoms with van der Waals surface area (Å²) in [4.78, 5) is 0. The Morgan fingerprint density at radius 2 is 2.00 bits per heavy atom. The maximum Gasteiger partial charge on any atom is 0.0212 e. The van der Waals surface area contributed by atoms with Crippen LogP contribution in [0, 0.1) is 13.8 Å². The molecule has 0 saturated heterocycles. The van der Waals surface area contributed by atoms with E-state index in [0.29, 0.717) is 0 Å². The molecule has 1 aromatic carbocycles. The topological polar surface area (TPSA) is 26.0 Å². The van der Waals surface area contributed by atoms with Gasteiger partial charge in [-0.3, -0.25) is 0 Å². The molecule has 0 aliphatic heterocycles. The summed E-state index contributed by atoms with van der Waals surface area (Å²) in [7, 11) is 0. The summed E-state index contributed by atoms with van der Waals surface area (Å²) >= 11 is 3.59. The van der Waals surface area contributed by atoms with Crippen LogP contribution in [0.4, 0.5) is 0 Å². The van der Waals surface area contributed by atoms with E-state index in [0.717, 1.165) is 19.4 Å². The van der Waals surface area contributed by atoms with Gasteiger partial charge < -0.3 is 5.73 Å². The van der Waals surface area contributed by atoms with E-state index in [1.807, 2.05) is 0 Å². The molecule has 0 fully saturated rings. The van der Waals surface area contributed by atoms with Crippen LogP contribution < -0.4 is 5.73 Å². The Bertz CT molecular complexity index is 271. The number of rotatable bonds is 3. The highest BCUT2D eigenvalue weighted by atomic mass is 79.9. The molecule has 0 bridgehead atoms. The van der Waals surface area contributed by atoms with Crippen LogP contribution in [0.25, 0.3) is 0 Å². The first-order valence-electron chi connectivity index (χ1n) is 4.61. The fourth-order valence-corrected chi connectivity index (χ4v) is 2.41. The number of hydrogen-bond acceptors (Lipinski definition) is 1. The molecule has 0 aromatic heterocycles. The molecule has 1 aromatic rings. The van der Waals surface area contributed by atoms with E-state index in [4.69, 9.17) is 5.73 Å². The summed E-state index contributed by atoms with van der Waals surface area (Å²) in [6.07, 6.45) is 2.13. The van der Waals surface area contributed by atoms with Crippen molar-refractivity contribution in [3.05, 3.63) is 33.3 Å². The van der Waals surface area contributed by atoms with Crippen molar-refractivity contribution in [2.45, 2.75) is 26.7 Å². The molecule has 0 amide bonds. The monoisotopic (exact) mass is 241 g/mol. The van der Waals surface area contributed by atoms with Gasteiger partial charge in [-0.05, 0) is 56.0 Å². The van der Waals surface area contributed by atoms with Crippen LogP contribution in [-0.4, -0.2) is 6.54 Å². The molecule has 2 heteroatoms. The van der Waals surface area contributed by atoms with E-state index in [9.17, 15) is 0 Å². The maximum absolute atomic E-state index is 5.49. The lowest BCUT2D eigenvalue weighted by Gasteiger charge is -2.09. The molecule has 0 spiro atoms. The van der Waals surface area contributed by atoms with Gasteiger partial charge in [-0.1, -0.05) is 22.0 Å². The minimum absolute atomic E-state index is 0.764. The minimum atomic E-state index is 0.764. The molecule has 13 heavy (non-hydrogen) atoms. The predicted molar refractivity (Wildman–Crippen MR) is 61.0 cm³/mol. The van der Waals surface area contributed by atoms with Crippen LogP contribution >= 0.6 is 15.9 Å². The molecular weight excluding hydrogens is 226 g/mol. The summed E-state index contributed by atoms with van der Waals surface area (Å²) in [6, 6.07) is 4.38. The van der Waals surface area contributed by atoms with Crippen molar-refractivity contribution in [3.8, 4) is 0 Å². The van der Waals surface area contributed by atoms with E-state index in [-0.39, 0.29) is 0 Å². The third-order valence-electron chi connectivity index (χ3n) is 2.19. The molecule has 0 aliphatic carbocycles. The Kier molecular flexibility index (Phi) is 3.94. The zero-order valence-corrected chi connectivity index (χ0v) is 9.82. The minimum Gasteiger partial charge on any atom is -0.330 e. The maximum atomic E-state index is 5.49. The van der Waals surface area contributed by atoms with Crippen molar-refractivity contribution in [3.63, 3.8) is 0 Å². The fraction of sp³-hybridized carbons (Fsp3) is 0.455. The van der Waals surface area contributed by atoms with Crippen molar-refractivity contribution in [1.29, 1.82) is 0 Å². The van der Waals surface area contributed by atoms with Crippen LogP contribution in [0.5, 0.6) is 0 Å². The zero-order valence-electron chi connectivity index (χ0n) is 8.23. The smallest absolute Gasteiger partial charge is 0.0212 e. The van der Waals surface area contributed by atoms with Gasteiger partial charge >= 0.3 is 0 Å². The quantitative estimate of drug-likeness (QED) is 0.866. The van der Waals surface area contributed by atoms with Gasteiger partial charge in [0.1, 0.15) is 0 Å². The molecule has 0 unspecified atom stereocenters. The van der Waals surface area contributed by atoms with Gasteiger partial charge in [0.05, 0.1) is 0 Å². The molecule has 0 aliphatic rings. The highest BCUT2D eigenvalue weighted by molar-refractivity contribution is 9.10. The van der Waals surface area contributed by atoms with Gasteiger partial charge in [0.15, 0.2) is 0 Å². The van der Waals surface area contributed by atoms with Gasteiger partial charge in [0.25, 0.3) is 0 Å². The molecule has 2 N–H and O–H groups in total. The van der Waals surface area contributed by atoms with Gasteiger partial charge in [0, 0.05) is 4.47 Å². The SMILES string of the molecule is Cc1cc(C)c(CCCN)c(Br)c1. The predicted octanol–water partition coefficient (Wildman–Crippen LogP) is 2.96. The highest BCUT2D eigenvalue weighted by Crippen LogP contribution is 2.23. The van der Waals surface area contributed by atoms with Crippen molar-refractivity contribution in [1.82, 2.24) is 0 Å². The molecule has 0 saturated carbocycles. The standard InChI is InChI=1S/C11H16BrN/c1-8-6-9(2)10(4-3-5-13)11(12)7-8/h6-7H,3-5,13H2,1-2H3. The average Bonchev–Trinajstić information content (AvgIpc) is 2.02. The average molecular weight is 242 g/mol. The number of halogens is 1. The lowest BCUT2D eigenvalue weighted by atomic mass is 10.0. The molecular formula is C11H16BrN. The van der Waals surface area contributed by atoms with Crippen molar-refractivity contribution >= 4 is 15.9 Å². The van der Waals surface area contributed by atoms with E-state index >= 15 is 0 Å². The first-order chi connectivity index (χ1) is 6.15. The van der Waals surface area contributed by atoms with Gasteiger partial charge in [-0.2, -0.15) is 0 Å². The molecule has 0 atom stereocenters. The van der Waals surface area contributed by atoms with Crippen molar-refractivity contribution in [2.24, 2.45) is 5.73 Å². The third kappa shape index (κ3) is 2.82. The van der Waals surface area contributed by atoms with Gasteiger partial charge in [-0.15, -0.1) is 0 Å². The lowest BCUT2D eigenvalue weighted by Crippen LogP contribution is -2.02. The first kappa shape index (κ1) is 10.7.